The summed E-state index contributed by atoms with van der Waals surface area (Å²) in [7, 11) is 1.09. The van der Waals surface area contributed by atoms with Gasteiger partial charge in [0.2, 0.25) is 0 Å². The van der Waals surface area contributed by atoms with Crippen LogP contribution in [0.15, 0.2) is 29.2 Å². The topological polar surface area (TPSA) is 29.1 Å². The molecule has 2 rings (SSSR count). The summed E-state index contributed by atoms with van der Waals surface area (Å²) in [4.78, 5) is 0.986. The first kappa shape index (κ1) is 15.7. The molecule has 3 heteroatoms. The average molecular weight is 293 g/mol. The summed E-state index contributed by atoms with van der Waals surface area (Å²) in [6.45, 7) is 6.64. The van der Waals surface area contributed by atoms with Gasteiger partial charge >= 0.3 is 0 Å². The van der Waals surface area contributed by atoms with Gasteiger partial charge < -0.3 is 5.32 Å². The maximum absolute atomic E-state index is 13.0. The minimum Gasteiger partial charge on any atom is -0.316 e. The minimum absolute atomic E-state index is 0.239. The Hall–Kier alpha value is -0.670. The molecular weight excluding hydrogens is 266 g/mol. The predicted octanol–water partition coefficient (Wildman–Crippen LogP) is 3.52. The van der Waals surface area contributed by atoms with E-state index in [1.807, 2.05) is 19.2 Å². The van der Waals surface area contributed by atoms with E-state index < -0.39 is 10.8 Å². The van der Waals surface area contributed by atoms with E-state index in [-0.39, 0.29) is 5.25 Å². The molecule has 1 aliphatic rings. The number of nitrogens with one attached hydrogen (secondary N) is 1. The highest BCUT2D eigenvalue weighted by Gasteiger charge is 2.35. The van der Waals surface area contributed by atoms with Crippen LogP contribution in [0.3, 0.4) is 0 Å². The highest BCUT2D eigenvalue weighted by molar-refractivity contribution is 7.85. The second kappa shape index (κ2) is 6.86. The molecule has 1 N–H and O–H groups in total. The third-order valence-electron chi connectivity index (χ3n) is 4.64. The molecule has 1 aliphatic carbocycles. The fourth-order valence-corrected chi connectivity index (χ4v) is 5.10. The van der Waals surface area contributed by atoms with Gasteiger partial charge in [0.15, 0.2) is 0 Å². The van der Waals surface area contributed by atoms with Gasteiger partial charge in [-0.2, -0.15) is 0 Å². The Morgan fingerprint density at radius 1 is 1.30 bits per heavy atom. The smallest absolute Gasteiger partial charge is 0.0576 e. The molecule has 0 radical (unpaired) electrons. The van der Waals surface area contributed by atoms with Gasteiger partial charge in [-0.05, 0) is 62.8 Å². The summed E-state index contributed by atoms with van der Waals surface area (Å²) in [6.07, 6.45) is 3.47. The minimum atomic E-state index is -0.910. The largest absolute Gasteiger partial charge is 0.316 e. The highest BCUT2D eigenvalue weighted by Crippen LogP contribution is 2.34. The average Bonchev–Trinajstić information content (AvgIpc) is 2.45. The van der Waals surface area contributed by atoms with E-state index in [1.165, 1.54) is 12.0 Å². The van der Waals surface area contributed by atoms with Gasteiger partial charge in [0.05, 0.1) is 16.0 Å². The zero-order valence-electron chi connectivity index (χ0n) is 13.1. The second-order valence-corrected chi connectivity index (χ2v) is 8.04. The fraction of sp³-hybridized carbons (Fsp3) is 0.647. The molecule has 0 saturated heterocycles. The molecule has 1 fully saturated rings. The molecular formula is C17H27NOS. The van der Waals surface area contributed by atoms with Crippen molar-refractivity contribution in [3.05, 3.63) is 29.8 Å². The first-order valence-electron chi connectivity index (χ1n) is 7.67. The summed E-state index contributed by atoms with van der Waals surface area (Å²) in [6, 6.07) is 8.54. The predicted molar refractivity (Wildman–Crippen MR) is 86.4 cm³/mol. The van der Waals surface area contributed by atoms with Gasteiger partial charge in [-0.3, -0.25) is 4.21 Å². The molecule has 2 nitrogen and oxygen atoms in total. The van der Waals surface area contributed by atoms with Gasteiger partial charge in [-0.15, -0.1) is 0 Å². The molecule has 4 unspecified atom stereocenters. The Morgan fingerprint density at radius 3 is 2.65 bits per heavy atom. The lowest BCUT2D eigenvalue weighted by atomic mass is 9.79. The molecule has 0 amide bonds. The number of aryl methyl sites for hydroxylation is 1. The summed E-state index contributed by atoms with van der Waals surface area (Å²) < 4.78 is 13.0. The van der Waals surface area contributed by atoms with Crippen molar-refractivity contribution in [3.63, 3.8) is 0 Å². The van der Waals surface area contributed by atoms with E-state index in [9.17, 15) is 4.21 Å². The quantitative estimate of drug-likeness (QED) is 0.920. The highest BCUT2D eigenvalue weighted by atomic mass is 32.2. The van der Waals surface area contributed by atoms with Crippen LogP contribution in [-0.2, 0) is 10.8 Å². The molecule has 1 aromatic rings. The molecule has 4 atom stereocenters. The van der Waals surface area contributed by atoms with Crippen LogP contribution in [0.2, 0.25) is 0 Å². The number of hydrogen-bond donors (Lipinski definition) is 1. The van der Waals surface area contributed by atoms with Crippen molar-refractivity contribution in [2.75, 3.05) is 7.05 Å². The number of hydrogen-bond acceptors (Lipinski definition) is 2. The van der Waals surface area contributed by atoms with Crippen molar-refractivity contribution in [2.24, 2.45) is 11.8 Å². The van der Waals surface area contributed by atoms with Crippen molar-refractivity contribution in [2.45, 2.75) is 56.2 Å². The SMILES string of the molecule is CNC1CCC(C(C)C)CC1S(=O)c1cccc(C)c1. The van der Waals surface area contributed by atoms with Gasteiger partial charge in [0.25, 0.3) is 0 Å². The molecule has 1 saturated carbocycles. The lowest BCUT2D eigenvalue weighted by Gasteiger charge is -2.37. The molecule has 0 aliphatic heterocycles. The van der Waals surface area contributed by atoms with E-state index in [0.29, 0.717) is 17.9 Å². The van der Waals surface area contributed by atoms with Crippen LogP contribution in [0.5, 0.6) is 0 Å². The van der Waals surface area contributed by atoms with Crippen LogP contribution in [0.25, 0.3) is 0 Å². The lowest BCUT2D eigenvalue weighted by Crippen LogP contribution is -2.45. The molecule has 112 valence electrons. The second-order valence-electron chi connectivity index (χ2n) is 6.36. The van der Waals surface area contributed by atoms with E-state index in [1.54, 1.807) is 0 Å². The van der Waals surface area contributed by atoms with Crippen molar-refractivity contribution < 1.29 is 4.21 Å². The first-order chi connectivity index (χ1) is 9.52. The molecule has 1 aromatic carbocycles. The normalized spacial score (nSPS) is 28.6. The number of rotatable bonds is 4. The van der Waals surface area contributed by atoms with Crippen LogP contribution in [0.4, 0.5) is 0 Å². The van der Waals surface area contributed by atoms with Crippen LogP contribution < -0.4 is 5.32 Å². The van der Waals surface area contributed by atoms with E-state index in [0.717, 1.165) is 17.7 Å². The van der Waals surface area contributed by atoms with Crippen molar-refractivity contribution in [1.29, 1.82) is 0 Å². The monoisotopic (exact) mass is 293 g/mol. The molecule has 0 spiro atoms. The van der Waals surface area contributed by atoms with E-state index in [4.69, 9.17) is 0 Å². The van der Waals surface area contributed by atoms with Crippen LogP contribution in [0, 0.1) is 18.8 Å². The zero-order chi connectivity index (χ0) is 14.7. The van der Waals surface area contributed by atoms with Gasteiger partial charge in [-0.1, -0.05) is 26.0 Å². The van der Waals surface area contributed by atoms with Crippen molar-refractivity contribution in [3.8, 4) is 0 Å². The van der Waals surface area contributed by atoms with Gasteiger partial charge in [-0.25, -0.2) is 0 Å². The number of benzene rings is 1. The summed E-state index contributed by atoms with van der Waals surface area (Å²) in [5, 5.41) is 3.62. The zero-order valence-corrected chi connectivity index (χ0v) is 13.9. The van der Waals surface area contributed by atoms with Crippen LogP contribution in [0.1, 0.15) is 38.7 Å². The van der Waals surface area contributed by atoms with Gasteiger partial charge in [0.1, 0.15) is 0 Å². The van der Waals surface area contributed by atoms with Gasteiger partial charge in [0, 0.05) is 10.9 Å². The van der Waals surface area contributed by atoms with Crippen LogP contribution >= 0.6 is 0 Å². The first-order valence-corrected chi connectivity index (χ1v) is 8.88. The third kappa shape index (κ3) is 3.50. The summed E-state index contributed by atoms with van der Waals surface area (Å²) >= 11 is 0. The molecule has 0 heterocycles. The van der Waals surface area contributed by atoms with E-state index >= 15 is 0 Å². The maximum atomic E-state index is 13.0. The lowest BCUT2D eigenvalue weighted by molar-refractivity contribution is 0.249. The maximum Gasteiger partial charge on any atom is 0.0576 e. The molecule has 0 aromatic heterocycles. The fourth-order valence-electron chi connectivity index (χ4n) is 3.25. The van der Waals surface area contributed by atoms with Crippen molar-refractivity contribution in [1.82, 2.24) is 5.32 Å². The standard InChI is InChI=1S/C17H27NOS/c1-12(2)14-8-9-16(18-4)17(11-14)20(19)15-7-5-6-13(3)10-15/h5-7,10,12,14,16-18H,8-9,11H2,1-4H3. The summed E-state index contributed by atoms with van der Waals surface area (Å²) in [5.74, 6) is 1.39. The molecule has 0 bridgehead atoms. The Balaban J connectivity index is 2.20. The Bertz CT molecular complexity index is 472. The van der Waals surface area contributed by atoms with Crippen molar-refractivity contribution >= 4 is 10.8 Å². The Morgan fingerprint density at radius 2 is 2.05 bits per heavy atom. The van der Waals surface area contributed by atoms with E-state index in [2.05, 4.69) is 38.2 Å². The van der Waals surface area contributed by atoms with Crippen LogP contribution in [-0.4, -0.2) is 22.5 Å². The third-order valence-corrected chi connectivity index (χ3v) is 6.43. The Labute approximate surface area is 125 Å². The Kier molecular flexibility index (Phi) is 5.39. The molecule has 20 heavy (non-hydrogen) atoms. The summed E-state index contributed by atoms with van der Waals surface area (Å²) in [5.41, 5.74) is 1.19.